The zero-order valence-electron chi connectivity index (χ0n) is 15.6. The minimum Gasteiger partial charge on any atom is -0.490 e. The van der Waals surface area contributed by atoms with Gasteiger partial charge in [0.1, 0.15) is 6.61 Å². The largest absolute Gasteiger partial charge is 0.490 e. The molecule has 0 fully saturated rings. The highest BCUT2D eigenvalue weighted by atomic mass is 16.5. The molecule has 0 saturated carbocycles. The van der Waals surface area contributed by atoms with Crippen molar-refractivity contribution in [2.24, 2.45) is 0 Å². The molecule has 0 radical (unpaired) electrons. The highest BCUT2D eigenvalue weighted by molar-refractivity contribution is 5.43. The molecule has 136 valence electrons. The number of aryl methyl sites for hydroxylation is 1. The smallest absolute Gasteiger partial charge is 0.161 e. The van der Waals surface area contributed by atoms with E-state index in [1.54, 1.807) is 0 Å². The van der Waals surface area contributed by atoms with Crippen molar-refractivity contribution in [1.82, 2.24) is 5.32 Å². The Hall–Kier alpha value is -2.04. The number of rotatable bonds is 9. The molecule has 0 aromatic heterocycles. The molecule has 25 heavy (non-hydrogen) atoms. The van der Waals surface area contributed by atoms with E-state index in [0.29, 0.717) is 19.8 Å². The van der Waals surface area contributed by atoms with E-state index in [0.717, 1.165) is 22.6 Å². The topological polar surface area (TPSA) is 50.7 Å². The first-order valence-corrected chi connectivity index (χ1v) is 8.73. The Morgan fingerprint density at radius 1 is 0.960 bits per heavy atom. The van der Waals surface area contributed by atoms with Gasteiger partial charge >= 0.3 is 0 Å². The maximum Gasteiger partial charge on any atom is 0.161 e. The lowest BCUT2D eigenvalue weighted by Gasteiger charge is -2.24. The van der Waals surface area contributed by atoms with Crippen LogP contribution in [-0.4, -0.2) is 23.9 Å². The SMILES string of the molecule is CCOc1cc(CNC(C)(C)CO)ccc1OCc1ccc(C)cc1. The molecule has 0 saturated heterocycles. The van der Waals surface area contributed by atoms with Crippen LogP contribution in [-0.2, 0) is 13.2 Å². The molecule has 0 bridgehead atoms. The summed E-state index contributed by atoms with van der Waals surface area (Å²) in [6.07, 6.45) is 0. The van der Waals surface area contributed by atoms with Gasteiger partial charge in [-0.3, -0.25) is 0 Å². The summed E-state index contributed by atoms with van der Waals surface area (Å²) < 4.78 is 11.7. The van der Waals surface area contributed by atoms with Crippen molar-refractivity contribution < 1.29 is 14.6 Å². The normalized spacial score (nSPS) is 11.4. The summed E-state index contributed by atoms with van der Waals surface area (Å²) in [5.74, 6) is 1.49. The molecule has 2 rings (SSSR count). The van der Waals surface area contributed by atoms with Crippen LogP contribution in [0.2, 0.25) is 0 Å². The van der Waals surface area contributed by atoms with E-state index in [9.17, 15) is 5.11 Å². The predicted octanol–water partition coefficient (Wildman–Crippen LogP) is 3.83. The molecule has 2 N–H and O–H groups in total. The average Bonchev–Trinajstić information content (AvgIpc) is 2.61. The van der Waals surface area contributed by atoms with Gasteiger partial charge in [0.25, 0.3) is 0 Å². The van der Waals surface area contributed by atoms with Gasteiger partial charge in [-0.25, -0.2) is 0 Å². The van der Waals surface area contributed by atoms with Gasteiger partial charge < -0.3 is 19.9 Å². The molecular formula is C21H29NO3. The second-order valence-corrected chi connectivity index (χ2v) is 6.88. The fourth-order valence-corrected chi connectivity index (χ4v) is 2.29. The van der Waals surface area contributed by atoms with Gasteiger partial charge in [-0.15, -0.1) is 0 Å². The van der Waals surface area contributed by atoms with E-state index in [-0.39, 0.29) is 12.1 Å². The zero-order valence-corrected chi connectivity index (χ0v) is 15.6. The minimum atomic E-state index is -0.313. The van der Waals surface area contributed by atoms with E-state index in [1.807, 2.05) is 39.0 Å². The van der Waals surface area contributed by atoms with Crippen molar-refractivity contribution in [3.63, 3.8) is 0 Å². The van der Waals surface area contributed by atoms with Crippen molar-refractivity contribution in [3.05, 3.63) is 59.2 Å². The molecule has 0 aliphatic carbocycles. The van der Waals surface area contributed by atoms with Crippen molar-refractivity contribution >= 4 is 0 Å². The molecule has 0 spiro atoms. The number of hydrogen-bond acceptors (Lipinski definition) is 4. The maximum absolute atomic E-state index is 9.34. The van der Waals surface area contributed by atoms with E-state index < -0.39 is 0 Å². The van der Waals surface area contributed by atoms with Gasteiger partial charge in [0.15, 0.2) is 11.5 Å². The third-order valence-corrected chi connectivity index (χ3v) is 3.99. The number of aliphatic hydroxyl groups excluding tert-OH is 1. The fraction of sp³-hybridized carbons (Fsp3) is 0.429. The van der Waals surface area contributed by atoms with Crippen LogP contribution < -0.4 is 14.8 Å². The van der Waals surface area contributed by atoms with Crippen molar-refractivity contribution in [2.45, 2.75) is 46.4 Å². The fourth-order valence-electron chi connectivity index (χ4n) is 2.29. The lowest BCUT2D eigenvalue weighted by Crippen LogP contribution is -2.42. The van der Waals surface area contributed by atoms with Crippen LogP contribution in [0.25, 0.3) is 0 Å². The highest BCUT2D eigenvalue weighted by Crippen LogP contribution is 2.29. The van der Waals surface area contributed by atoms with Crippen molar-refractivity contribution in [1.29, 1.82) is 0 Å². The lowest BCUT2D eigenvalue weighted by atomic mass is 10.1. The Morgan fingerprint density at radius 2 is 1.64 bits per heavy atom. The molecule has 2 aromatic rings. The molecule has 4 heteroatoms. The predicted molar refractivity (Wildman–Crippen MR) is 101 cm³/mol. The number of nitrogens with one attached hydrogen (secondary N) is 1. The first kappa shape index (κ1) is 19.3. The minimum absolute atomic E-state index is 0.0864. The zero-order chi connectivity index (χ0) is 18.3. The molecule has 0 amide bonds. The van der Waals surface area contributed by atoms with E-state index in [2.05, 4.69) is 36.5 Å². The van der Waals surface area contributed by atoms with Crippen LogP contribution in [0.5, 0.6) is 11.5 Å². The van der Waals surface area contributed by atoms with Crippen LogP contribution in [0, 0.1) is 6.92 Å². The monoisotopic (exact) mass is 343 g/mol. The van der Waals surface area contributed by atoms with Gasteiger partial charge in [0.2, 0.25) is 0 Å². The molecule has 0 heterocycles. The summed E-state index contributed by atoms with van der Waals surface area (Å²) in [5, 5.41) is 12.7. The highest BCUT2D eigenvalue weighted by Gasteiger charge is 2.15. The Morgan fingerprint density at radius 3 is 2.28 bits per heavy atom. The third-order valence-electron chi connectivity index (χ3n) is 3.99. The summed E-state index contributed by atoms with van der Waals surface area (Å²) in [4.78, 5) is 0. The molecule has 0 atom stereocenters. The summed E-state index contributed by atoms with van der Waals surface area (Å²) in [5.41, 5.74) is 3.14. The average molecular weight is 343 g/mol. The van der Waals surface area contributed by atoms with E-state index in [1.165, 1.54) is 5.56 Å². The second kappa shape index (κ2) is 8.88. The number of aliphatic hydroxyl groups is 1. The summed E-state index contributed by atoms with van der Waals surface area (Å²) in [6, 6.07) is 14.3. The molecule has 0 aliphatic heterocycles. The van der Waals surface area contributed by atoms with Crippen molar-refractivity contribution in [2.75, 3.05) is 13.2 Å². The quantitative estimate of drug-likeness (QED) is 0.726. The van der Waals surface area contributed by atoms with Crippen LogP contribution in [0.3, 0.4) is 0 Å². The van der Waals surface area contributed by atoms with Crippen LogP contribution >= 0.6 is 0 Å². The summed E-state index contributed by atoms with van der Waals surface area (Å²) >= 11 is 0. The standard InChI is InChI=1S/C21H29NO3/c1-5-24-20-12-18(13-22-21(3,4)15-23)10-11-19(20)25-14-17-8-6-16(2)7-9-17/h6-12,22-23H,5,13-15H2,1-4H3. The van der Waals surface area contributed by atoms with Gasteiger partial charge in [0, 0.05) is 12.1 Å². The molecule has 4 nitrogen and oxygen atoms in total. The third kappa shape index (κ3) is 6.07. The van der Waals surface area contributed by atoms with E-state index in [4.69, 9.17) is 9.47 Å². The Labute approximate surface area is 150 Å². The van der Waals surface area contributed by atoms with Gasteiger partial charge in [-0.2, -0.15) is 0 Å². The molecular weight excluding hydrogens is 314 g/mol. The number of hydrogen-bond donors (Lipinski definition) is 2. The van der Waals surface area contributed by atoms with E-state index >= 15 is 0 Å². The van der Waals surface area contributed by atoms with Crippen LogP contribution in [0.1, 0.15) is 37.5 Å². The lowest BCUT2D eigenvalue weighted by molar-refractivity contribution is 0.187. The van der Waals surface area contributed by atoms with Gasteiger partial charge in [0.05, 0.1) is 13.2 Å². The number of ether oxygens (including phenoxy) is 2. The first-order valence-electron chi connectivity index (χ1n) is 8.73. The van der Waals surface area contributed by atoms with Gasteiger partial charge in [-0.05, 0) is 51.0 Å². The molecule has 2 aromatic carbocycles. The molecule has 0 aliphatic rings. The van der Waals surface area contributed by atoms with Crippen LogP contribution in [0.15, 0.2) is 42.5 Å². The summed E-state index contributed by atoms with van der Waals surface area (Å²) in [7, 11) is 0. The Bertz CT molecular complexity index is 665. The van der Waals surface area contributed by atoms with Crippen molar-refractivity contribution in [3.8, 4) is 11.5 Å². The van der Waals surface area contributed by atoms with Gasteiger partial charge in [-0.1, -0.05) is 35.9 Å². The second-order valence-electron chi connectivity index (χ2n) is 6.88. The molecule has 0 unspecified atom stereocenters. The first-order chi connectivity index (χ1) is 11.9. The Balaban J connectivity index is 2.05. The maximum atomic E-state index is 9.34. The van der Waals surface area contributed by atoms with Crippen LogP contribution in [0.4, 0.5) is 0 Å². The number of benzene rings is 2. The summed E-state index contributed by atoms with van der Waals surface area (Å²) in [6.45, 7) is 9.81. The Kier molecular flexibility index (Phi) is 6.85.